The molecule has 0 saturated carbocycles. The van der Waals surface area contributed by atoms with Gasteiger partial charge in [-0.2, -0.15) is 0 Å². The standard InChI is InChI=1S/C23H23ClN4O6S3/c1-5-33-20(31)15-11(3)16(21(32)34-6-2)36-19(15)25-17(29)12(4)35-23-28-27-22(37-23)26-18(30)13-7-9-14(24)10-8-13/h7-10,12H,5-6H2,1-4H3,(H,25,29)(H,26,27,30). The number of carbonyl (C=O) groups excluding carboxylic acids is 4. The van der Waals surface area contributed by atoms with Crippen LogP contribution in [0.3, 0.4) is 0 Å². The van der Waals surface area contributed by atoms with Crippen molar-refractivity contribution in [1.29, 1.82) is 0 Å². The number of nitrogens with zero attached hydrogens (tertiary/aromatic N) is 2. The third kappa shape index (κ3) is 7.28. The molecule has 1 atom stereocenters. The van der Waals surface area contributed by atoms with Gasteiger partial charge >= 0.3 is 11.9 Å². The van der Waals surface area contributed by atoms with Gasteiger partial charge in [0.15, 0.2) is 4.34 Å². The van der Waals surface area contributed by atoms with E-state index >= 15 is 0 Å². The van der Waals surface area contributed by atoms with Crippen molar-refractivity contribution in [1.82, 2.24) is 10.2 Å². The van der Waals surface area contributed by atoms with E-state index < -0.39 is 23.1 Å². The van der Waals surface area contributed by atoms with Gasteiger partial charge in [-0.25, -0.2) is 9.59 Å². The Labute approximate surface area is 230 Å². The summed E-state index contributed by atoms with van der Waals surface area (Å²) in [7, 11) is 0. The Morgan fingerprint density at radius 3 is 2.30 bits per heavy atom. The lowest BCUT2D eigenvalue weighted by molar-refractivity contribution is -0.115. The molecule has 196 valence electrons. The van der Waals surface area contributed by atoms with Crippen molar-refractivity contribution in [3.05, 3.63) is 50.9 Å². The molecule has 14 heteroatoms. The van der Waals surface area contributed by atoms with Gasteiger partial charge in [0.1, 0.15) is 9.88 Å². The third-order valence-corrected chi connectivity index (χ3v) is 8.17. The number of hydrogen-bond acceptors (Lipinski definition) is 11. The van der Waals surface area contributed by atoms with Crippen molar-refractivity contribution < 1.29 is 28.7 Å². The average molecular weight is 583 g/mol. The second-order valence-corrected chi connectivity index (χ2v) is 11.3. The molecular formula is C23H23ClN4O6S3. The summed E-state index contributed by atoms with van der Waals surface area (Å²) in [6, 6.07) is 6.39. The monoisotopic (exact) mass is 582 g/mol. The highest BCUT2D eigenvalue weighted by Gasteiger charge is 2.28. The Morgan fingerprint density at radius 1 is 1.00 bits per heavy atom. The molecule has 1 unspecified atom stereocenters. The molecule has 0 aliphatic rings. The lowest BCUT2D eigenvalue weighted by Crippen LogP contribution is -2.23. The second-order valence-electron chi connectivity index (χ2n) is 7.28. The average Bonchev–Trinajstić information content (AvgIpc) is 3.42. The summed E-state index contributed by atoms with van der Waals surface area (Å²) in [5.74, 6) is -2.02. The fraction of sp³-hybridized carbons (Fsp3) is 0.304. The molecule has 2 N–H and O–H groups in total. The third-order valence-electron chi connectivity index (χ3n) is 4.70. The van der Waals surface area contributed by atoms with E-state index in [-0.39, 0.29) is 39.7 Å². The van der Waals surface area contributed by atoms with Crippen LogP contribution in [0.1, 0.15) is 56.7 Å². The number of aromatic nitrogens is 2. The number of nitrogens with one attached hydrogen (secondary N) is 2. The minimum Gasteiger partial charge on any atom is -0.462 e. The number of thioether (sulfide) groups is 1. The lowest BCUT2D eigenvalue weighted by Gasteiger charge is -2.10. The van der Waals surface area contributed by atoms with Crippen LogP contribution >= 0.6 is 46.0 Å². The summed E-state index contributed by atoms with van der Waals surface area (Å²) in [6.07, 6.45) is 0. The van der Waals surface area contributed by atoms with E-state index in [0.29, 0.717) is 20.5 Å². The van der Waals surface area contributed by atoms with E-state index in [9.17, 15) is 19.2 Å². The van der Waals surface area contributed by atoms with Crippen LogP contribution in [-0.2, 0) is 14.3 Å². The van der Waals surface area contributed by atoms with E-state index in [1.807, 2.05) is 0 Å². The summed E-state index contributed by atoms with van der Waals surface area (Å²) < 4.78 is 10.6. The molecule has 3 aromatic rings. The highest BCUT2D eigenvalue weighted by atomic mass is 35.5. The Bertz CT molecular complexity index is 1310. The fourth-order valence-electron chi connectivity index (χ4n) is 2.94. The molecule has 0 fully saturated rings. The van der Waals surface area contributed by atoms with E-state index in [1.54, 1.807) is 52.0 Å². The van der Waals surface area contributed by atoms with Crippen LogP contribution in [0.15, 0.2) is 28.6 Å². The van der Waals surface area contributed by atoms with Crippen LogP contribution in [0, 0.1) is 6.92 Å². The van der Waals surface area contributed by atoms with Crippen LogP contribution in [0.4, 0.5) is 10.1 Å². The SMILES string of the molecule is CCOC(=O)c1sc(NC(=O)C(C)Sc2nnc(NC(=O)c3ccc(Cl)cc3)s2)c(C(=O)OCC)c1C. The number of rotatable bonds is 10. The van der Waals surface area contributed by atoms with Gasteiger partial charge in [-0.3, -0.25) is 14.9 Å². The smallest absolute Gasteiger partial charge is 0.348 e. The largest absolute Gasteiger partial charge is 0.462 e. The van der Waals surface area contributed by atoms with Gasteiger partial charge in [0.2, 0.25) is 11.0 Å². The number of thiophene rings is 1. The summed E-state index contributed by atoms with van der Waals surface area (Å²) in [5.41, 5.74) is 0.902. The Hall–Kier alpha value is -3.00. The summed E-state index contributed by atoms with van der Waals surface area (Å²) in [6.45, 7) is 6.91. The predicted octanol–water partition coefficient (Wildman–Crippen LogP) is 5.29. The van der Waals surface area contributed by atoms with Crippen molar-refractivity contribution in [3.63, 3.8) is 0 Å². The Kier molecular flexibility index (Phi) is 10.0. The molecule has 3 rings (SSSR count). The highest BCUT2D eigenvalue weighted by molar-refractivity contribution is 8.02. The van der Waals surface area contributed by atoms with Crippen LogP contribution in [0.5, 0.6) is 0 Å². The Morgan fingerprint density at radius 2 is 1.65 bits per heavy atom. The van der Waals surface area contributed by atoms with Crippen LogP contribution in [0.25, 0.3) is 0 Å². The molecule has 1 aromatic carbocycles. The zero-order valence-corrected chi connectivity index (χ0v) is 23.5. The van der Waals surface area contributed by atoms with Crippen LogP contribution in [-0.4, -0.2) is 52.4 Å². The van der Waals surface area contributed by atoms with E-state index in [1.165, 1.54) is 0 Å². The molecule has 2 heterocycles. The maximum atomic E-state index is 12.9. The van der Waals surface area contributed by atoms with Crippen LogP contribution in [0.2, 0.25) is 5.02 Å². The topological polar surface area (TPSA) is 137 Å². The maximum absolute atomic E-state index is 12.9. The molecule has 0 aliphatic carbocycles. The number of ether oxygens (including phenoxy) is 2. The zero-order chi connectivity index (χ0) is 27.1. The van der Waals surface area contributed by atoms with Crippen molar-refractivity contribution in [2.45, 2.75) is 37.3 Å². The minimum absolute atomic E-state index is 0.114. The summed E-state index contributed by atoms with van der Waals surface area (Å²) in [4.78, 5) is 50.4. The normalized spacial score (nSPS) is 11.5. The van der Waals surface area contributed by atoms with Crippen molar-refractivity contribution >= 4 is 79.9 Å². The highest BCUT2D eigenvalue weighted by Crippen LogP contribution is 2.36. The number of carbonyl (C=O) groups is 4. The first-order valence-corrected chi connectivity index (χ1v) is 13.9. The molecule has 0 bridgehead atoms. The first-order valence-electron chi connectivity index (χ1n) is 11.0. The molecular weight excluding hydrogens is 560 g/mol. The predicted molar refractivity (Wildman–Crippen MR) is 144 cm³/mol. The lowest BCUT2D eigenvalue weighted by atomic mass is 10.1. The number of anilines is 2. The number of benzene rings is 1. The van der Waals surface area contributed by atoms with E-state index in [4.69, 9.17) is 21.1 Å². The molecule has 10 nitrogen and oxygen atoms in total. The quantitative estimate of drug-likeness (QED) is 0.186. The summed E-state index contributed by atoms with van der Waals surface area (Å²) >= 11 is 9.04. The first kappa shape index (κ1) is 28.6. The first-order chi connectivity index (χ1) is 17.6. The zero-order valence-electron chi connectivity index (χ0n) is 20.2. The van der Waals surface area contributed by atoms with Gasteiger partial charge in [0.25, 0.3) is 5.91 Å². The molecule has 2 amide bonds. The summed E-state index contributed by atoms with van der Waals surface area (Å²) in [5, 5.41) is 13.7. The molecule has 0 spiro atoms. The molecule has 0 radical (unpaired) electrons. The van der Waals surface area contributed by atoms with E-state index in [0.717, 1.165) is 34.4 Å². The van der Waals surface area contributed by atoms with Gasteiger partial charge in [-0.05, 0) is 57.5 Å². The van der Waals surface area contributed by atoms with Crippen molar-refractivity contribution in [2.24, 2.45) is 0 Å². The molecule has 2 aromatic heterocycles. The van der Waals surface area contributed by atoms with Crippen LogP contribution < -0.4 is 10.6 Å². The molecule has 0 saturated heterocycles. The number of hydrogen-bond donors (Lipinski definition) is 2. The van der Waals surface area contributed by atoms with Gasteiger partial charge in [0.05, 0.1) is 24.0 Å². The molecule has 0 aliphatic heterocycles. The van der Waals surface area contributed by atoms with E-state index in [2.05, 4.69) is 20.8 Å². The maximum Gasteiger partial charge on any atom is 0.348 e. The molecule has 37 heavy (non-hydrogen) atoms. The van der Waals surface area contributed by atoms with Gasteiger partial charge in [-0.1, -0.05) is 34.7 Å². The number of amides is 2. The van der Waals surface area contributed by atoms with Gasteiger partial charge < -0.3 is 14.8 Å². The van der Waals surface area contributed by atoms with Gasteiger partial charge in [0, 0.05) is 10.6 Å². The minimum atomic E-state index is -0.646. The second kappa shape index (κ2) is 13.0. The number of halogens is 1. The van der Waals surface area contributed by atoms with Crippen molar-refractivity contribution in [3.8, 4) is 0 Å². The van der Waals surface area contributed by atoms with Crippen molar-refractivity contribution in [2.75, 3.05) is 23.8 Å². The fourth-order valence-corrected chi connectivity index (χ4v) is 6.05. The van der Waals surface area contributed by atoms with Gasteiger partial charge in [-0.15, -0.1) is 21.5 Å². The number of esters is 2. The Balaban J connectivity index is 1.69.